The summed E-state index contributed by atoms with van der Waals surface area (Å²) in [5.41, 5.74) is 0. The SMILES string of the molecule is O=C(O)C=CC(=O)O.[H-].[H-].[H-].[K+].[K+].[K+]. The van der Waals surface area contributed by atoms with Crippen LogP contribution in [0.25, 0.3) is 0 Å². The molecule has 0 aromatic heterocycles. The second-order valence-electron chi connectivity index (χ2n) is 1.01. The molecule has 0 aromatic rings. The summed E-state index contributed by atoms with van der Waals surface area (Å²) in [6, 6.07) is 0. The van der Waals surface area contributed by atoms with Crippen LogP contribution in [0.15, 0.2) is 12.2 Å². The minimum absolute atomic E-state index is 0. The maximum atomic E-state index is 9.55. The Hall–Kier alpha value is 3.59. The largest absolute Gasteiger partial charge is 1.00 e. The molecule has 0 spiro atoms. The number of aliphatic carboxylic acids is 2. The van der Waals surface area contributed by atoms with Gasteiger partial charge in [-0.05, 0) is 0 Å². The molecule has 0 atom stereocenters. The molecule has 0 aliphatic rings. The summed E-state index contributed by atoms with van der Waals surface area (Å²) in [5, 5.41) is 15.6. The van der Waals surface area contributed by atoms with Crippen LogP contribution in [0.3, 0.4) is 0 Å². The first-order valence-corrected chi connectivity index (χ1v) is 1.77. The van der Waals surface area contributed by atoms with Crippen molar-refractivity contribution in [1.82, 2.24) is 0 Å². The molecule has 11 heavy (non-hydrogen) atoms. The predicted octanol–water partition coefficient (Wildman–Crippen LogP) is -8.94. The Bertz CT molecular complexity index is 139. The second-order valence-corrected chi connectivity index (χ2v) is 1.01. The van der Waals surface area contributed by atoms with Crippen LogP contribution in [0.2, 0.25) is 0 Å². The number of hydrogen-bond acceptors (Lipinski definition) is 2. The quantitative estimate of drug-likeness (QED) is 0.369. The molecule has 2 N–H and O–H groups in total. The van der Waals surface area contributed by atoms with E-state index in [1.165, 1.54) is 0 Å². The average molecular weight is 236 g/mol. The molecule has 0 unspecified atom stereocenters. The smallest absolute Gasteiger partial charge is 1.00 e. The Labute approximate surface area is 196 Å². The van der Waals surface area contributed by atoms with Gasteiger partial charge >= 0.3 is 166 Å². The van der Waals surface area contributed by atoms with Crippen molar-refractivity contribution in [2.45, 2.75) is 0 Å². The Kier molecular flexibility index (Phi) is 35.0. The van der Waals surface area contributed by atoms with E-state index < -0.39 is 11.9 Å². The van der Waals surface area contributed by atoms with E-state index in [9.17, 15) is 9.59 Å². The molecule has 4 nitrogen and oxygen atoms in total. The summed E-state index contributed by atoms with van der Waals surface area (Å²) in [6.45, 7) is 0. The second kappa shape index (κ2) is 16.0. The van der Waals surface area contributed by atoms with Gasteiger partial charge in [-0.15, -0.1) is 0 Å². The Morgan fingerprint density at radius 3 is 1.18 bits per heavy atom. The molecule has 0 amide bonds. The zero-order valence-electron chi connectivity index (χ0n) is 9.87. The van der Waals surface area contributed by atoms with Crippen molar-refractivity contribution in [2.24, 2.45) is 0 Å². The Morgan fingerprint density at radius 1 is 0.909 bits per heavy atom. The van der Waals surface area contributed by atoms with E-state index >= 15 is 0 Å². The van der Waals surface area contributed by atoms with Crippen molar-refractivity contribution in [3.63, 3.8) is 0 Å². The maximum absolute atomic E-state index is 9.55. The van der Waals surface area contributed by atoms with Gasteiger partial charge in [-0.1, -0.05) is 0 Å². The van der Waals surface area contributed by atoms with Crippen molar-refractivity contribution in [1.29, 1.82) is 0 Å². The minimum atomic E-state index is -1.26. The van der Waals surface area contributed by atoms with Gasteiger partial charge in [0.15, 0.2) is 0 Å². The predicted molar refractivity (Wildman–Crippen MR) is 27.7 cm³/mol. The molecule has 0 bridgehead atoms. The molecule has 0 saturated heterocycles. The Morgan fingerprint density at radius 2 is 1.09 bits per heavy atom. The van der Waals surface area contributed by atoms with E-state index in [1.54, 1.807) is 0 Å². The van der Waals surface area contributed by atoms with Gasteiger partial charge in [0.2, 0.25) is 0 Å². The molecule has 50 valence electrons. The maximum Gasteiger partial charge on any atom is 1.00 e. The fourth-order valence-electron chi connectivity index (χ4n) is 0.143. The molecule has 7 heteroatoms. The molecule has 0 heterocycles. The van der Waals surface area contributed by atoms with Crippen LogP contribution in [0.1, 0.15) is 4.28 Å². The van der Waals surface area contributed by atoms with Gasteiger partial charge in [0, 0.05) is 12.2 Å². The van der Waals surface area contributed by atoms with E-state index in [-0.39, 0.29) is 158 Å². The van der Waals surface area contributed by atoms with Crippen LogP contribution >= 0.6 is 0 Å². The van der Waals surface area contributed by atoms with Crippen molar-refractivity contribution in [3.05, 3.63) is 12.2 Å². The van der Waals surface area contributed by atoms with E-state index in [0.29, 0.717) is 12.2 Å². The van der Waals surface area contributed by atoms with Crippen LogP contribution in [0.4, 0.5) is 0 Å². The van der Waals surface area contributed by atoms with Crippen LogP contribution in [0, 0.1) is 0 Å². The number of hydrogen-bond donors (Lipinski definition) is 2. The van der Waals surface area contributed by atoms with Crippen LogP contribution in [-0.4, -0.2) is 22.2 Å². The van der Waals surface area contributed by atoms with Gasteiger partial charge in [-0.3, -0.25) is 0 Å². The average Bonchev–Trinajstić information content (AvgIpc) is 1.61. The number of carbonyl (C=O) groups is 2. The molecular formula is C4H7K3O4. The summed E-state index contributed by atoms with van der Waals surface area (Å²) >= 11 is 0. The standard InChI is InChI=1S/C4H4O4.3K.3H/c5-3(6)1-2-4(7)8;;;;;;/h1-2H,(H,5,6)(H,7,8);;;;;;/q;3*+1;3*-1. The monoisotopic (exact) mass is 236 g/mol. The summed E-state index contributed by atoms with van der Waals surface area (Å²) in [7, 11) is 0. The van der Waals surface area contributed by atoms with Crippen molar-refractivity contribution < 1.29 is 178 Å². The number of carboxylic acids is 2. The van der Waals surface area contributed by atoms with Crippen LogP contribution in [0.5, 0.6) is 0 Å². The molecule has 0 saturated carbocycles. The van der Waals surface area contributed by atoms with E-state index in [1.807, 2.05) is 0 Å². The third-order valence-electron chi connectivity index (χ3n) is 0.368. The summed E-state index contributed by atoms with van der Waals surface area (Å²) in [4.78, 5) is 19.1. The summed E-state index contributed by atoms with van der Waals surface area (Å²) in [5.74, 6) is -2.51. The molecule has 0 fully saturated rings. The molecular weight excluding hydrogens is 229 g/mol. The van der Waals surface area contributed by atoms with Gasteiger partial charge in [0.25, 0.3) is 0 Å². The minimum Gasteiger partial charge on any atom is -1.00 e. The first kappa shape index (κ1) is 24.0. The van der Waals surface area contributed by atoms with E-state index in [2.05, 4.69) is 0 Å². The fraction of sp³-hybridized carbons (Fsp3) is 0. The van der Waals surface area contributed by atoms with Gasteiger partial charge in [0.1, 0.15) is 0 Å². The zero-order chi connectivity index (χ0) is 6.57. The van der Waals surface area contributed by atoms with E-state index in [4.69, 9.17) is 10.2 Å². The van der Waals surface area contributed by atoms with Gasteiger partial charge < -0.3 is 14.5 Å². The van der Waals surface area contributed by atoms with E-state index in [0.717, 1.165) is 0 Å². The van der Waals surface area contributed by atoms with Crippen LogP contribution in [-0.2, 0) is 9.59 Å². The summed E-state index contributed by atoms with van der Waals surface area (Å²) < 4.78 is 0. The van der Waals surface area contributed by atoms with Crippen molar-refractivity contribution in [2.75, 3.05) is 0 Å². The van der Waals surface area contributed by atoms with Crippen LogP contribution < -0.4 is 154 Å². The number of rotatable bonds is 2. The third kappa shape index (κ3) is 24.7. The molecule has 0 aliphatic heterocycles. The Balaban J connectivity index is -0.0000000163. The first-order chi connectivity index (χ1) is 3.63. The zero-order valence-corrected chi connectivity index (χ0v) is 16.2. The normalized spacial score (nSPS) is 6.91. The number of carboxylic acid groups (broad SMARTS) is 2. The van der Waals surface area contributed by atoms with Crippen molar-refractivity contribution in [3.8, 4) is 0 Å². The molecule has 0 aliphatic carbocycles. The topological polar surface area (TPSA) is 74.6 Å². The summed E-state index contributed by atoms with van der Waals surface area (Å²) in [6.07, 6.45) is 1.12. The van der Waals surface area contributed by atoms with Gasteiger partial charge in [0.05, 0.1) is 0 Å². The first-order valence-electron chi connectivity index (χ1n) is 1.77. The fourth-order valence-corrected chi connectivity index (χ4v) is 0.143. The molecule has 0 rings (SSSR count). The van der Waals surface area contributed by atoms with Gasteiger partial charge in [-0.25, -0.2) is 9.59 Å². The third-order valence-corrected chi connectivity index (χ3v) is 0.368. The molecule has 0 radical (unpaired) electrons. The molecule has 0 aromatic carbocycles. The van der Waals surface area contributed by atoms with Crippen molar-refractivity contribution >= 4 is 11.9 Å². The van der Waals surface area contributed by atoms with Gasteiger partial charge in [-0.2, -0.15) is 0 Å².